The molecular weight excluding hydrogens is 348 g/mol. The molecule has 2 aliphatic rings. The van der Waals surface area contributed by atoms with E-state index in [0.29, 0.717) is 19.0 Å². The highest BCUT2D eigenvalue weighted by atomic mass is 16.2. The van der Waals surface area contributed by atoms with Gasteiger partial charge in [-0.2, -0.15) is 0 Å². The van der Waals surface area contributed by atoms with E-state index in [0.717, 1.165) is 31.2 Å². The van der Waals surface area contributed by atoms with E-state index in [-0.39, 0.29) is 23.8 Å². The Kier molecular flexibility index (Phi) is 5.47. The van der Waals surface area contributed by atoms with Crippen molar-refractivity contribution < 1.29 is 9.59 Å². The number of nitrogens with zero attached hydrogens (tertiary/aromatic N) is 1. The predicted octanol–water partition coefficient (Wildman–Crippen LogP) is 3.80. The van der Waals surface area contributed by atoms with E-state index in [9.17, 15) is 9.59 Å². The van der Waals surface area contributed by atoms with Crippen molar-refractivity contribution in [2.75, 3.05) is 6.54 Å². The van der Waals surface area contributed by atoms with E-state index in [4.69, 9.17) is 0 Å². The highest BCUT2D eigenvalue weighted by molar-refractivity contribution is 5.83. The maximum Gasteiger partial charge on any atom is 0.227 e. The van der Waals surface area contributed by atoms with Gasteiger partial charge in [-0.3, -0.25) is 9.59 Å². The first-order chi connectivity index (χ1) is 13.6. The van der Waals surface area contributed by atoms with Gasteiger partial charge in [0.15, 0.2) is 0 Å². The van der Waals surface area contributed by atoms with Crippen LogP contribution in [-0.2, 0) is 16.0 Å². The lowest BCUT2D eigenvalue weighted by atomic mass is 9.87. The summed E-state index contributed by atoms with van der Waals surface area (Å²) in [5.74, 6) is 0.103. The number of amides is 2. The van der Waals surface area contributed by atoms with Crippen LogP contribution in [0.15, 0.2) is 54.6 Å². The molecular formula is C24H28N2O2. The molecule has 146 valence electrons. The Bertz CT molecular complexity index is 845. The summed E-state index contributed by atoms with van der Waals surface area (Å²) >= 11 is 0. The molecule has 4 rings (SSSR count). The van der Waals surface area contributed by atoms with Gasteiger partial charge < -0.3 is 10.2 Å². The zero-order chi connectivity index (χ0) is 19.5. The van der Waals surface area contributed by atoms with Crippen LogP contribution < -0.4 is 5.32 Å². The lowest BCUT2D eigenvalue weighted by Crippen LogP contribution is -2.47. The Morgan fingerprint density at radius 2 is 1.79 bits per heavy atom. The largest absolute Gasteiger partial charge is 0.353 e. The van der Waals surface area contributed by atoms with Gasteiger partial charge in [0.05, 0.1) is 18.4 Å². The summed E-state index contributed by atoms with van der Waals surface area (Å²) in [6.07, 6.45) is 4.20. The van der Waals surface area contributed by atoms with Crippen molar-refractivity contribution in [1.82, 2.24) is 10.2 Å². The minimum absolute atomic E-state index is 0.0427. The van der Waals surface area contributed by atoms with Crippen LogP contribution in [0, 0.1) is 12.8 Å². The summed E-state index contributed by atoms with van der Waals surface area (Å²) in [5.41, 5.74) is 3.38. The molecule has 2 aromatic carbocycles. The molecule has 0 spiro atoms. The maximum atomic E-state index is 13.2. The molecule has 1 N–H and O–H groups in total. The number of hydrogen-bond donors (Lipinski definition) is 1. The van der Waals surface area contributed by atoms with E-state index < -0.39 is 0 Å². The van der Waals surface area contributed by atoms with E-state index in [1.807, 2.05) is 35.2 Å². The predicted molar refractivity (Wildman–Crippen MR) is 110 cm³/mol. The second kappa shape index (κ2) is 8.17. The second-order valence-electron chi connectivity index (χ2n) is 8.20. The van der Waals surface area contributed by atoms with Crippen LogP contribution in [0.1, 0.15) is 48.4 Å². The van der Waals surface area contributed by atoms with Crippen molar-refractivity contribution in [2.24, 2.45) is 5.92 Å². The molecule has 0 bridgehead atoms. The summed E-state index contributed by atoms with van der Waals surface area (Å²) in [4.78, 5) is 27.8. The molecule has 0 radical (unpaired) electrons. The molecule has 1 aliphatic carbocycles. The number of piperidine rings is 1. The number of hydrogen-bond acceptors (Lipinski definition) is 2. The molecule has 4 nitrogen and oxygen atoms in total. The normalized spacial score (nSPS) is 22.0. The highest BCUT2D eigenvalue weighted by Crippen LogP contribution is 2.35. The molecule has 1 heterocycles. The number of rotatable bonds is 5. The molecule has 2 atom stereocenters. The summed E-state index contributed by atoms with van der Waals surface area (Å²) in [6, 6.07) is 18.7. The molecule has 2 amide bonds. The van der Waals surface area contributed by atoms with Crippen molar-refractivity contribution in [3.63, 3.8) is 0 Å². The molecule has 2 fully saturated rings. The van der Waals surface area contributed by atoms with Crippen molar-refractivity contribution in [3.05, 3.63) is 71.3 Å². The molecule has 1 aliphatic heterocycles. The lowest BCUT2D eigenvalue weighted by Gasteiger charge is -2.40. The van der Waals surface area contributed by atoms with Crippen molar-refractivity contribution in [3.8, 4) is 0 Å². The van der Waals surface area contributed by atoms with E-state index in [2.05, 4.69) is 36.5 Å². The number of carbonyl (C=O) groups excluding carboxylic acids is 2. The second-order valence-corrected chi connectivity index (χ2v) is 8.20. The van der Waals surface area contributed by atoms with Gasteiger partial charge in [-0.25, -0.2) is 0 Å². The minimum Gasteiger partial charge on any atom is -0.353 e. The fraction of sp³-hybridized carbons (Fsp3) is 0.417. The minimum atomic E-state index is -0.110. The molecule has 2 aromatic rings. The van der Waals surface area contributed by atoms with Crippen LogP contribution in [0.2, 0.25) is 0 Å². The van der Waals surface area contributed by atoms with Crippen LogP contribution in [0.4, 0.5) is 0 Å². The summed E-state index contributed by atoms with van der Waals surface area (Å²) in [5, 5.41) is 3.12. The molecule has 0 aromatic heterocycles. The first-order valence-corrected chi connectivity index (χ1v) is 10.3. The topological polar surface area (TPSA) is 49.4 Å². The summed E-state index contributed by atoms with van der Waals surface area (Å²) in [6.45, 7) is 2.58. The third kappa shape index (κ3) is 4.44. The van der Waals surface area contributed by atoms with Gasteiger partial charge in [-0.1, -0.05) is 60.2 Å². The number of nitrogens with one attached hydrogen (secondary N) is 1. The fourth-order valence-electron chi connectivity index (χ4n) is 4.10. The smallest absolute Gasteiger partial charge is 0.227 e. The van der Waals surface area contributed by atoms with Crippen LogP contribution in [0.5, 0.6) is 0 Å². The van der Waals surface area contributed by atoms with E-state index in [1.165, 1.54) is 11.1 Å². The molecule has 1 saturated carbocycles. The van der Waals surface area contributed by atoms with Crippen LogP contribution in [0.25, 0.3) is 0 Å². The number of aryl methyl sites for hydroxylation is 1. The molecule has 1 saturated heterocycles. The van der Waals surface area contributed by atoms with Crippen LogP contribution >= 0.6 is 0 Å². The third-order valence-electron chi connectivity index (χ3n) is 5.82. The average Bonchev–Trinajstić information content (AvgIpc) is 3.52. The molecule has 28 heavy (non-hydrogen) atoms. The van der Waals surface area contributed by atoms with Gasteiger partial charge in [0, 0.05) is 12.6 Å². The monoisotopic (exact) mass is 376 g/mol. The van der Waals surface area contributed by atoms with Gasteiger partial charge >= 0.3 is 0 Å². The summed E-state index contributed by atoms with van der Waals surface area (Å²) in [7, 11) is 0. The van der Waals surface area contributed by atoms with Gasteiger partial charge in [0.2, 0.25) is 11.8 Å². The average molecular weight is 377 g/mol. The Balaban J connectivity index is 1.54. The van der Waals surface area contributed by atoms with Gasteiger partial charge in [-0.15, -0.1) is 0 Å². The molecule has 4 heteroatoms. The Morgan fingerprint density at radius 3 is 2.50 bits per heavy atom. The number of benzene rings is 2. The van der Waals surface area contributed by atoms with Crippen LogP contribution in [0.3, 0.4) is 0 Å². The first-order valence-electron chi connectivity index (χ1n) is 10.3. The highest BCUT2D eigenvalue weighted by Gasteiger charge is 2.37. The van der Waals surface area contributed by atoms with Crippen molar-refractivity contribution in [1.29, 1.82) is 0 Å². The SMILES string of the molecule is Cc1cccc([C@H]2CC[C@@H](C(=O)NC3CC3)CN2C(=O)Cc2ccccc2)c1. The number of likely N-dealkylation sites (tertiary alicyclic amines) is 1. The zero-order valence-corrected chi connectivity index (χ0v) is 16.4. The Hall–Kier alpha value is -2.62. The van der Waals surface area contributed by atoms with E-state index in [1.54, 1.807) is 0 Å². The Morgan fingerprint density at radius 1 is 1.00 bits per heavy atom. The third-order valence-corrected chi connectivity index (χ3v) is 5.82. The number of carbonyl (C=O) groups is 2. The van der Waals surface area contributed by atoms with Crippen LogP contribution in [-0.4, -0.2) is 29.3 Å². The zero-order valence-electron chi connectivity index (χ0n) is 16.4. The molecule has 0 unspecified atom stereocenters. The van der Waals surface area contributed by atoms with Gasteiger partial charge in [0.25, 0.3) is 0 Å². The summed E-state index contributed by atoms with van der Waals surface area (Å²) < 4.78 is 0. The van der Waals surface area contributed by atoms with E-state index >= 15 is 0 Å². The van der Waals surface area contributed by atoms with Crippen molar-refractivity contribution in [2.45, 2.75) is 51.1 Å². The first kappa shape index (κ1) is 18.7. The van der Waals surface area contributed by atoms with Crippen molar-refractivity contribution >= 4 is 11.8 Å². The quantitative estimate of drug-likeness (QED) is 0.863. The standard InChI is InChI=1S/C24H28N2O2/c1-17-6-5-9-19(14-17)22-13-10-20(24(28)25-21-11-12-21)16-26(22)23(27)15-18-7-3-2-4-8-18/h2-9,14,20-22H,10-13,15-16H2,1H3,(H,25,28)/t20-,22-/m1/s1. The van der Waals surface area contributed by atoms with Gasteiger partial charge in [0.1, 0.15) is 0 Å². The fourth-order valence-corrected chi connectivity index (χ4v) is 4.10. The Labute approximate surface area is 166 Å². The lowest BCUT2D eigenvalue weighted by molar-refractivity contribution is -0.138. The maximum absolute atomic E-state index is 13.2. The van der Waals surface area contributed by atoms with Gasteiger partial charge in [-0.05, 0) is 43.7 Å².